The molecular formula is C17H24F2. The highest BCUT2D eigenvalue weighted by Crippen LogP contribution is 2.53. The van der Waals surface area contributed by atoms with Crippen LogP contribution in [0.3, 0.4) is 0 Å². The van der Waals surface area contributed by atoms with Crippen molar-refractivity contribution in [3.05, 3.63) is 36.0 Å². The second kappa shape index (κ2) is 4.57. The summed E-state index contributed by atoms with van der Waals surface area (Å²) in [6, 6.07) is 0. The average Bonchev–Trinajstić information content (AvgIpc) is 2.27. The van der Waals surface area contributed by atoms with Crippen molar-refractivity contribution in [2.75, 3.05) is 0 Å². The highest BCUT2D eigenvalue weighted by Gasteiger charge is 2.47. The molecule has 2 rings (SSSR count). The van der Waals surface area contributed by atoms with Crippen LogP contribution in [-0.4, -0.2) is 5.92 Å². The zero-order valence-corrected chi connectivity index (χ0v) is 12.5. The second-order valence-corrected chi connectivity index (χ2v) is 6.84. The number of hydrogen-bond acceptors (Lipinski definition) is 0. The predicted octanol–water partition coefficient (Wildman–Crippen LogP) is 5.24. The van der Waals surface area contributed by atoms with Gasteiger partial charge in [-0.15, -0.1) is 0 Å². The molecule has 0 aliphatic heterocycles. The van der Waals surface area contributed by atoms with Crippen molar-refractivity contribution in [2.45, 2.75) is 40.5 Å². The summed E-state index contributed by atoms with van der Waals surface area (Å²) in [6.45, 7) is 10.9. The van der Waals surface area contributed by atoms with E-state index in [2.05, 4.69) is 40.7 Å². The van der Waals surface area contributed by atoms with Crippen LogP contribution < -0.4 is 0 Å². The van der Waals surface area contributed by atoms with Gasteiger partial charge in [0, 0.05) is 5.41 Å². The van der Waals surface area contributed by atoms with Crippen LogP contribution in [0.5, 0.6) is 0 Å². The van der Waals surface area contributed by atoms with Gasteiger partial charge >= 0.3 is 0 Å². The number of hydrogen-bond donors (Lipinski definition) is 0. The lowest BCUT2D eigenvalue weighted by molar-refractivity contribution is 0.0864. The summed E-state index contributed by atoms with van der Waals surface area (Å²) in [5, 5.41) is 0. The quantitative estimate of drug-likeness (QED) is 0.600. The predicted molar refractivity (Wildman–Crippen MR) is 76.1 cm³/mol. The molecular weight excluding hydrogens is 242 g/mol. The molecule has 2 aliphatic rings. The first-order chi connectivity index (χ1) is 8.67. The highest BCUT2D eigenvalue weighted by atomic mass is 19.3. The van der Waals surface area contributed by atoms with Crippen molar-refractivity contribution in [1.29, 1.82) is 0 Å². The maximum Gasteiger partial charge on any atom is 0.285 e. The van der Waals surface area contributed by atoms with Crippen molar-refractivity contribution in [2.24, 2.45) is 29.1 Å². The van der Waals surface area contributed by atoms with E-state index >= 15 is 0 Å². The van der Waals surface area contributed by atoms with E-state index in [-0.39, 0.29) is 5.41 Å². The summed E-state index contributed by atoms with van der Waals surface area (Å²) >= 11 is 0. The van der Waals surface area contributed by atoms with Gasteiger partial charge in [-0.2, -0.15) is 8.78 Å². The summed E-state index contributed by atoms with van der Waals surface area (Å²) < 4.78 is 27.1. The van der Waals surface area contributed by atoms with E-state index in [9.17, 15) is 8.78 Å². The van der Waals surface area contributed by atoms with Crippen molar-refractivity contribution < 1.29 is 8.78 Å². The fourth-order valence-corrected chi connectivity index (χ4v) is 3.83. The SMILES string of the molecule is CC(C)C1C=CC2=CC(F)(F)C=C[C@]2(C)C1C(C)C. The Bertz CT molecular complexity index is 440. The molecule has 2 heteroatoms. The zero-order chi connectivity index (χ0) is 14.4. The second-order valence-electron chi connectivity index (χ2n) is 6.84. The average molecular weight is 266 g/mol. The minimum atomic E-state index is -2.80. The van der Waals surface area contributed by atoms with Crippen molar-refractivity contribution in [3.63, 3.8) is 0 Å². The molecule has 106 valence electrons. The summed E-state index contributed by atoms with van der Waals surface area (Å²) in [5.74, 6) is -1.000. The van der Waals surface area contributed by atoms with Crippen molar-refractivity contribution in [1.82, 2.24) is 0 Å². The standard InChI is InChI=1S/C17H24F2/c1-11(2)14-7-6-13-10-17(18,19)9-8-16(13,5)15(14)12(3)4/h6-12,14-15H,1-5H3/t14?,15?,16-/m0/s1. The largest absolute Gasteiger partial charge is 0.285 e. The Morgan fingerprint density at radius 2 is 1.68 bits per heavy atom. The van der Waals surface area contributed by atoms with Crippen LogP contribution in [0.4, 0.5) is 8.78 Å². The normalized spacial score (nSPS) is 36.6. The number of alkyl halides is 2. The minimum absolute atomic E-state index is 0.264. The molecule has 0 bridgehead atoms. The number of rotatable bonds is 2. The van der Waals surface area contributed by atoms with Gasteiger partial charge in [0.2, 0.25) is 0 Å². The Hall–Kier alpha value is -0.920. The molecule has 0 saturated carbocycles. The summed E-state index contributed by atoms with van der Waals surface area (Å²) in [4.78, 5) is 0. The molecule has 0 heterocycles. The van der Waals surface area contributed by atoms with Crippen LogP contribution >= 0.6 is 0 Å². The van der Waals surface area contributed by atoms with Gasteiger partial charge in [0.1, 0.15) is 0 Å². The number of allylic oxidation sites excluding steroid dienone is 6. The maximum absolute atomic E-state index is 13.5. The van der Waals surface area contributed by atoms with E-state index in [1.807, 2.05) is 6.08 Å². The molecule has 3 atom stereocenters. The number of fused-ring (bicyclic) bond motifs is 1. The van der Waals surface area contributed by atoms with Crippen LogP contribution in [-0.2, 0) is 0 Å². The summed E-state index contributed by atoms with van der Waals surface area (Å²) in [7, 11) is 0. The lowest BCUT2D eigenvalue weighted by Crippen LogP contribution is -2.42. The van der Waals surface area contributed by atoms with Crippen LogP contribution in [0.2, 0.25) is 0 Å². The van der Waals surface area contributed by atoms with Crippen LogP contribution in [0, 0.1) is 29.1 Å². The van der Waals surface area contributed by atoms with Gasteiger partial charge in [0.25, 0.3) is 5.92 Å². The van der Waals surface area contributed by atoms with E-state index in [0.29, 0.717) is 23.7 Å². The zero-order valence-electron chi connectivity index (χ0n) is 12.5. The molecule has 2 unspecified atom stereocenters. The topological polar surface area (TPSA) is 0 Å². The smallest absolute Gasteiger partial charge is 0.197 e. The molecule has 0 fully saturated rings. The molecule has 0 spiro atoms. The Balaban J connectivity index is 2.52. The van der Waals surface area contributed by atoms with Crippen LogP contribution in [0.15, 0.2) is 36.0 Å². The molecule has 0 aromatic heterocycles. The maximum atomic E-state index is 13.5. The van der Waals surface area contributed by atoms with E-state index < -0.39 is 5.92 Å². The number of halogens is 2. The van der Waals surface area contributed by atoms with Crippen molar-refractivity contribution in [3.8, 4) is 0 Å². The monoisotopic (exact) mass is 266 g/mol. The molecule has 0 aromatic carbocycles. The van der Waals surface area contributed by atoms with E-state index in [1.54, 1.807) is 6.08 Å². The Kier molecular flexibility index (Phi) is 3.49. The molecule has 0 amide bonds. The first kappa shape index (κ1) is 14.5. The van der Waals surface area contributed by atoms with Gasteiger partial charge in [-0.1, -0.05) is 52.8 Å². The van der Waals surface area contributed by atoms with Gasteiger partial charge in [0.05, 0.1) is 0 Å². The third kappa shape index (κ3) is 2.42. The summed E-state index contributed by atoms with van der Waals surface area (Å²) in [5.41, 5.74) is 0.509. The van der Waals surface area contributed by atoms with Crippen LogP contribution in [0.25, 0.3) is 0 Å². The molecule has 0 radical (unpaired) electrons. The third-order valence-electron chi connectivity index (χ3n) is 4.71. The van der Waals surface area contributed by atoms with Gasteiger partial charge in [-0.05, 0) is 41.4 Å². The molecule has 0 aromatic rings. The summed E-state index contributed by atoms with van der Waals surface area (Å²) in [6.07, 6.45) is 8.00. The van der Waals surface area contributed by atoms with Gasteiger partial charge in [-0.25, -0.2) is 0 Å². The van der Waals surface area contributed by atoms with E-state index in [4.69, 9.17) is 0 Å². The van der Waals surface area contributed by atoms with Gasteiger partial charge in [-0.3, -0.25) is 0 Å². The van der Waals surface area contributed by atoms with Gasteiger partial charge in [0.15, 0.2) is 0 Å². The lowest BCUT2D eigenvalue weighted by Gasteiger charge is -2.48. The molecule has 0 nitrogen and oxygen atoms in total. The fourth-order valence-electron chi connectivity index (χ4n) is 3.83. The van der Waals surface area contributed by atoms with Crippen molar-refractivity contribution >= 4 is 0 Å². The third-order valence-corrected chi connectivity index (χ3v) is 4.71. The first-order valence-corrected chi connectivity index (χ1v) is 7.17. The minimum Gasteiger partial charge on any atom is -0.197 e. The highest BCUT2D eigenvalue weighted by molar-refractivity contribution is 5.42. The van der Waals surface area contributed by atoms with Gasteiger partial charge < -0.3 is 0 Å². The lowest BCUT2D eigenvalue weighted by atomic mass is 9.56. The molecule has 0 saturated heterocycles. The molecule has 0 N–H and O–H groups in total. The molecule has 19 heavy (non-hydrogen) atoms. The Morgan fingerprint density at radius 1 is 1.05 bits per heavy atom. The Labute approximate surface area is 115 Å². The van der Waals surface area contributed by atoms with E-state index in [1.165, 1.54) is 0 Å². The Morgan fingerprint density at radius 3 is 2.21 bits per heavy atom. The molecule has 2 aliphatic carbocycles. The fraction of sp³-hybridized carbons (Fsp3) is 0.647. The first-order valence-electron chi connectivity index (χ1n) is 7.17. The van der Waals surface area contributed by atoms with E-state index in [0.717, 1.165) is 17.7 Å². The van der Waals surface area contributed by atoms with Crippen LogP contribution in [0.1, 0.15) is 34.6 Å².